The van der Waals surface area contributed by atoms with Gasteiger partial charge in [-0.2, -0.15) is 0 Å². The topological polar surface area (TPSA) is 58.2 Å². The van der Waals surface area contributed by atoms with E-state index in [0.717, 1.165) is 28.9 Å². The molecule has 0 aliphatic heterocycles. The molecule has 2 aliphatic rings. The molecule has 0 radical (unpaired) electrons. The molecule has 0 aromatic heterocycles. The monoisotopic (exact) mass is 360 g/mol. The molecule has 2 N–H and O–H groups in total. The van der Waals surface area contributed by atoms with Gasteiger partial charge in [-0.15, -0.1) is 0 Å². The van der Waals surface area contributed by atoms with E-state index in [1.807, 2.05) is 62.4 Å². The molecular weight excluding hydrogens is 336 g/mol. The van der Waals surface area contributed by atoms with E-state index in [4.69, 9.17) is 0 Å². The summed E-state index contributed by atoms with van der Waals surface area (Å²) in [5.74, 6) is -0.526. The number of anilines is 2. The molecule has 2 aliphatic carbocycles. The second kappa shape index (κ2) is 7.03. The Balaban J connectivity index is 1.51. The highest BCUT2D eigenvalue weighted by molar-refractivity contribution is 6.01. The third kappa shape index (κ3) is 3.52. The number of carbonyl (C=O) groups is 2. The number of fused-ring (bicyclic) bond motifs is 2. The molecule has 27 heavy (non-hydrogen) atoms. The van der Waals surface area contributed by atoms with Gasteiger partial charge in [0.1, 0.15) is 0 Å². The number of amides is 2. The van der Waals surface area contributed by atoms with Gasteiger partial charge in [0, 0.05) is 11.4 Å². The summed E-state index contributed by atoms with van der Waals surface area (Å²) in [7, 11) is 0. The third-order valence-electron chi connectivity index (χ3n) is 5.70. The van der Waals surface area contributed by atoms with Crippen LogP contribution in [-0.4, -0.2) is 11.8 Å². The lowest BCUT2D eigenvalue weighted by Gasteiger charge is -2.26. The Hall–Kier alpha value is -2.88. The minimum atomic E-state index is -0.327. The van der Waals surface area contributed by atoms with Crippen molar-refractivity contribution in [3.8, 4) is 0 Å². The maximum Gasteiger partial charge on any atom is 0.228 e. The molecule has 0 heterocycles. The van der Waals surface area contributed by atoms with Crippen LogP contribution in [0.1, 0.15) is 17.5 Å². The van der Waals surface area contributed by atoms with Crippen LogP contribution in [0, 0.1) is 37.5 Å². The van der Waals surface area contributed by atoms with E-state index in [1.54, 1.807) is 0 Å². The molecule has 4 nitrogen and oxygen atoms in total. The number of benzene rings is 2. The molecule has 2 bridgehead atoms. The summed E-state index contributed by atoms with van der Waals surface area (Å²) in [5, 5.41) is 6.00. The second-order valence-electron chi connectivity index (χ2n) is 7.71. The van der Waals surface area contributed by atoms with E-state index in [-0.39, 0.29) is 35.5 Å². The average Bonchev–Trinajstić information content (AvgIpc) is 3.27. The molecule has 4 atom stereocenters. The Morgan fingerprint density at radius 2 is 1.07 bits per heavy atom. The summed E-state index contributed by atoms with van der Waals surface area (Å²) in [5.41, 5.74) is 3.84. The van der Waals surface area contributed by atoms with Gasteiger partial charge in [0.2, 0.25) is 11.8 Å². The van der Waals surface area contributed by atoms with E-state index >= 15 is 0 Å². The lowest BCUT2D eigenvalue weighted by molar-refractivity contribution is -0.129. The Morgan fingerprint density at radius 3 is 1.44 bits per heavy atom. The maximum absolute atomic E-state index is 13.0. The van der Waals surface area contributed by atoms with Gasteiger partial charge in [-0.05, 0) is 56.4 Å². The summed E-state index contributed by atoms with van der Waals surface area (Å²) in [6.07, 6.45) is 5.07. The highest BCUT2D eigenvalue weighted by atomic mass is 16.2. The molecule has 0 unspecified atom stereocenters. The minimum Gasteiger partial charge on any atom is -0.326 e. The van der Waals surface area contributed by atoms with Gasteiger partial charge in [-0.1, -0.05) is 47.5 Å². The highest BCUT2D eigenvalue weighted by Crippen LogP contribution is 2.48. The first-order valence-electron chi connectivity index (χ1n) is 9.44. The van der Waals surface area contributed by atoms with Crippen LogP contribution in [0.5, 0.6) is 0 Å². The van der Waals surface area contributed by atoms with E-state index in [1.165, 1.54) is 0 Å². The van der Waals surface area contributed by atoms with Crippen LogP contribution in [0.3, 0.4) is 0 Å². The number of carbonyl (C=O) groups excluding carboxylic acids is 2. The van der Waals surface area contributed by atoms with Gasteiger partial charge in [0.05, 0.1) is 11.8 Å². The van der Waals surface area contributed by atoms with Crippen molar-refractivity contribution in [1.29, 1.82) is 0 Å². The Bertz CT molecular complexity index is 810. The van der Waals surface area contributed by atoms with Crippen LogP contribution < -0.4 is 10.6 Å². The highest BCUT2D eigenvalue weighted by Gasteiger charge is 2.51. The first-order valence-corrected chi connectivity index (χ1v) is 9.44. The average molecular weight is 360 g/mol. The van der Waals surface area contributed by atoms with E-state index < -0.39 is 0 Å². The summed E-state index contributed by atoms with van der Waals surface area (Å²) in [6, 6.07) is 15.5. The number of rotatable bonds is 4. The Kier molecular flexibility index (Phi) is 4.56. The number of nitrogens with one attached hydrogen (secondary N) is 2. The molecule has 0 spiro atoms. The fraction of sp³-hybridized carbons (Fsp3) is 0.304. The lowest BCUT2D eigenvalue weighted by atomic mass is 9.81. The normalized spacial score (nSPS) is 25.4. The van der Waals surface area contributed by atoms with Crippen LogP contribution in [-0.2, 0) is 9.59 Å². The van der Waals surface area contributed by atoms with Crippen molar-refractivity contribution in [1.82, 2.24) is 0 Å². The van der Waals surface area contributed by atoms with Crippen LogP contribution in [0.25, 0.3) is 0 Å². The standard InChI is InChI=1S/C23H24N2O2/c1-14-3-9-18(10-4-14)24-22(26)20-16-7-8-17(13-16)21(20)23(27)25-19-11-5-15(2)6-12-19/h3-12,16-17,20-21H,13H2,1-2H3,(H,24,26)(H,25,27)/t16-,17-,20-,21+/m1/s1. The molecule has 1 fully saturated rings. The van der Waals surface area contributed by atoms with Crippen LogP contribution in [0.15, 0.2) is 60.7 Å². The van der Waals surface area contributed by atoms with Gasteiger partial charge in [0.15, 0.2) is 0 Å². The third-order valence-corrected chi connectivity index (χ3v) is 5.70. The van der Waals surface area contributed by atoms with Crippen LogP contribution >= 0.6 is 0 Å². The first kappa shape index (κ1) is 17.5. The zero-order valence-corrected chi connectivity index (χ0v) is 15.6. The van der Waals surface area contributed by atoms with Crippen molar-refractivity contribution in [2.24, 2.45) is 23.7 Å². The van der Waals surface area contributed by atoms with Crippen molar-refractivity contribution in [3.05, 3.63) is 71.8 Å². The molecule has 0 saturated heterocycles. The summed E-state index contributed by atoms with van der Waals surface area (Å²) < 4.78 is 0. The van der Waals surface area contributed by atoms with Crippen molar-refractivity contribution in [3.63, 3.8) is 0 Å². The zero-order valence-electron chi connectivity index (χ0n) is 15.6. The second-order valence-corrected chi connectivity index (χ2v) is 7.71. The van der Waals surface area contributed by atoms with Gasteiger partial charge in [0.25, 0.3) is 0 Å². The van der Waals surface area contributed by atoms with E-state index in [2.05, 4.69) is 22.8 Å². The molecule has 2 aromatic carbocycles. The number of hydrogen-bond donors (Lipinski definition) is 2. The number of hydrogen-bond acceptors (Lipinski definition) is 2. The minimum absolute atomic E-state index is 0.0697. The predicted molar refractivity (Wildman–Crippen MR) is 107 cm³/mol. The first-order chi connectivity index (χ1) is 13.0. The van der Waals surface area contributed by atoms with Gasteiger partial charge < -0.3 is 10.6 Å². The number of allylic oxidation sites excluding steroid dienone is 2. The fourth-order valence-corrected chi connectivity index (χ4v) is 4.26. The predicted octanol–water partition coefficient (Wildman–Crippen LogP) is 4.32. The quantitative estimate of drug-likeness (QED) is 0.798. The van der Waals surface area contributed by atoms with Crippen molar-refractivity contribution in [2.45, 2.75) is 20.3 Å². The molecule has 4 heteroatoms. The van der Waals surface area contributed by atoms with Crippen molar-refractivity contribution >= 4 is 23.2 Å². The lowest BCUT2D eigenvalue weighted by Crippen LogP contribution is -2.39. The van der Waals surface area contributed by atoms with Crippen LogP contribution in [0.2, 0.25) is 0 Å². The molecule has 1 saturated carbocycles. The molecular formula is C23H24N2O2. The van der Waals surface area contributed by atoms with E-state index in [0.29, 0.717) is 0 Å². The Labute approximate surface area is 159 Å². The van der Waals surface area contributed by atoms with Gasteiger partial charge in [-0.3, -0.25) is 9.59 Å². The molecule has 138 valence electrons. The number of aryl methyl sites for hydroxylation is 2. The molecule has 2 aromatic rings. The smallest absolute Gasteiger partial charge is 0.228 e. The summed E-state index contributed by atoms with van der Waals surface area (Å²) >= 11 is 0. The van der Waals surface area contributed by atoms with Gasteiger partial charge >= 0.3 is 0 Å². The molecule has 2 amide bonds. The SMILES string of the molecule is Cc1ccc(NC(=O)[C@@H]2[C@H](C(=O)Nc3ccc(C)cc3)[C@@H]3C=C[C@@H]2C3)cc1. The van der Waals surface area contributed by atoms with Crippen molar-refractivity contribution in [2.75, 3.05) is 10.6 Å². The Morgan fingerprint density at radius 1 is 0.704 bits per heavy atom. The summed E-state index contributed by atoms with van der Waals surface area (Å²) in [6.45, 7) is 4.02. The summed E-state index contributed by atoms with van der Waals surface area (Å²) in [4.78, 5) is 26.0. The van der Waals surface area contributed by atoms with Crippen LogP contribution in [0.4, 0.5) is 11.4 Å². The largest absolute Gasteiger partial charge is 0.326 e. The zero-order chi connectivity index (χ0) is 19.0. The van der Waals surface area contributed by atoms with Gasteiger partial charge in [-0.25, -0.2) is 0 Å². The van der Waals surface area contributed by atoms with Crippen molar-refractivity contribution < 1.29 is 9.59 Å². The van der Waals surface area contributed by atoms with E-state index in [9.17, 15) is 9.59 Å². The maximum atomic E-state index is 13.0. The molecule has 4 rings (SSSR count). The fourth-order valence-electron chi connectivity index (χ4n) is 4.26.